The molecule has 1 heterocycles. The van der Waals surface area contributed by atoms with E-state index in [1.807, 2.05) is 7.05 Å². The second kappa shape index (κ2) is 6.20. The maximum absolute atomic E-state index is 12.8. The second-order valence-corrected chi connectivity index (χ2v) is 6.65. The van der Waals surface area contributed by atoms with Crippen LogP contribution < -0.4 is 0 Å². The Bertz CT molecular complexity index is 459. The maximum Gasteiger partial charge on any atom is 0.335 e. The van der Waals surface area contributed by atoms with Crippen molar-refractivity contribution in [2.24, 2.45) is 5.92 Å². The number of carbonyl (C=O) groups excluding carboxylic acids is 2. The fourth-order valence-electron chi connectivity index (χ4n) is 3.37. The minimum atomic E-state index is -0.648. The van der Waals surface area contributed by atoms with Gasteiger partial charge in [-0.05, 0) is 44.9 Å². The molecule has 21 heavy (non-hydrogen) atoms. The molecule has 0 aromatic heterocycles. The van der Waals surface area contributed by atoms with Crippen LogP contribution in [0.4, 0.5) is 0 Å². The van der Waals surface area contributed by atoms with E-state index in [1.54, 1.807) is 11.8 Å². The summed E-state index contributed by atoms with van der Waals surface area (Å²) in [6, 6.07) is 0. The van der Waals surface area contributed by atoms with Crippen molar-refractivity contribution in [1.29, 1.82) is 0 Å². The third-order valence-electron chi connectivity index (χ3n) is 4.91. The summed E-state index contributed by atoms with van der Waals surface area (Å²) < 4.78 is 5.68. The number of amides is 1. The smallest absolute Gasteiger partial charge is 0.335 e. The predicted molar refractivity (Wildman–Crippen MR) is 81.7 cm³/mol. The SMILES string of the molecule is CCCCN(C)C(=O)C1=C(C)C(=O)OC12CCC(C)CC2. The molecule has 0 bridgehead atoms. The average Bonchev–Trinajstić information content (AvgIpc) is 2.70. The van der Waals surface area contributed by atoms with Crippen LogP contribution in [0.1, 0.15) is 59.3 Å². The molecule has 2 rings (SSSR count). The molecule has 0 saturated heterocycles. The van der Waals surface area contributed by atoms with Gasteiger partial charge in [-0.1, -0.05) is 20.3 Å². The van der Waals surface area contributed by atoms with Gasteiger partial charge in [-0.2, -0.15) is 0 Å². The topological polar surface area (TPSA) is 46.6 Å². The van der Waals surface area contributed by atoms with E-state index in [1.165, 1.54) is 0 Å². The van der Waals surface area contributed by atoms with Gasteiger partial charge in [-0.3, -0.25) is 4.79 Å². The van der Waals surface area contributed by atoms with Gasteiger partial charge in [0.15, 0.2) is 0 Å². The van der Waals surface area contributed by atoms with Crippen LogP contribution >= 0.6 is 0 Å². The minimum Gasteiger partial charge on any atom is -0.451 e. The molecule has 0 unspecified atom stereocenters. The first-order valence-electron chi connectivity index (χ1n) is 8.11. The van der Waals surface area contributed by atoms with Gasteiger partial charge in [-0.25, -0.2) is 4.79 Å². The van der Waals surface area contributed by atoms with Crippen LogP contribution in [-0.4, -0.2) is 36.0 Å². The van der Waals surface area contributed by atoms with Gasteiger partial charge in [-0.15, -0.1) is 0 Å². The largest absolute Gasteiger partial charge is 0.451 e. The number of ether oxygens (including phenoxy) is 1. The summed E-state index contributed by atoms with van der Waals surface area (Å²) in [5.74, 6) is 0.308. The van der Waals surface area contributed by atoms with Gasteiger partial charge in [0.25, 0.3) is 5.91 Å². The summed E-state index contributed by atoms with van der Waals surface area (Å²) >= 11 is 0. The Kier molecular flexibility index (Phi) is 4.74. The number of rotatable bonds is 4. The predicted octanol–water partition coefficient (Wildman–Crippen LogP) is 3.07. The summed E-state index contributed by atoms with van der Waals surface area (Å²) in [7, 11) is 1.82. The van der Waals surface area contributed by atoms with Crippen molar-refractivity contribution in [3.05, 3.63) is 11.1 Å². The van der Waals surface area contributed by atoms with Crippen molar-refractivity contribution in [3.63, 3.8) is 0 Å². The molecule has 2 aliphatic rings. The minimum absolute atomic E-state index is 0.0265. The van der Waals surface area contributed by atoms with E-state index in [2.05, 4.69) is 13.8 Å². The zero-order valence-electron chi connectivity index (χ0n) is 13.7. The molecule has 1 aliphatic carbocycles. The number of hydrogen-bond donors (Lipinski definition) is 0. The highest BCUT2D eigenvalue weighted by Crippen LogP contribution is 2.45. The van der Waals surface area contributed by atoms with E-state index in [0.29, 0.717) is 17.1 Å². The molecule has 4 heteroatoms. The molecule has 0 aromatic carbocycles. The number of hydrogen-bond acceptors (Lipinski definition) is 3. The molecule has 1 saturated carbocycles. The number of likely N-dealkylation sites (N-methyl/N-ethyl adjacent to an activating group) is 1. The van der Waals surface area contributed by atoms with Crippen LogP contribution in [0.25, 0.3) is 0 Å². The Hall–Kier alpha value is -1.32. The Morgan fingerprint density at radius 2 is 2.00 bits per heavy atom. The third-order valence-corrected chi connectivity index (χ3v) is 4.91. The Labute approximate surface area is 127 Å². The van der Waals surface area contributed by atoms with Crippen molar-refractivity contribution in [1.82, 2.24) is 4.90 Å². The summed E-state index contributed by atoms with van der Waals surface area (Å²) in [5, 5.41) is 0. The van der Waals surface area contributed by atoms with Gasteiger partial charge < -0.3 is 9.64 Å². The second-order valence-electron chi connectivity index (χ2n) is 6.65. The van der Waals surface area contributed by atoms with E-state index in [-0.39, 0.29) is 11.9 Å². The lowest BCUT2D eigenvalue weighted by Crippen LogP contribution is -2.43. The molecule has 0 aromatic rings. The van der Waals surface area contributed by atoms with Crippen molar-refractivity contribution in [2.45, 2.75) is 64.9 Å². The average molecular weight is 293 g/mol. The molecular weight excluding hydrogens is 266 g/mol. The fourth-order valence-corrected chi connectivity index (χ4v) is 3.37. The first-order valence-corrected chi connectivity index (χ1v) is 8.11. The zero-order chi connectivity index (χ0) is 15.6. The van der Waals surface area contributed by atoms with Gasteiger partial charge in [0.2, 0.25) is 0 Å². The fraction of sp³-hybridized carbons (Fsp3) is 0.765. The highest BCUT2D eigenvalue weighted by molar-refractivity contribution is 6.07. The highest BCUT2D eigenvalue weighted by atomic mass is 16.6. The summed E-state index contributed by atoms with van der Waals surface area (Å²) in [5.41, 5.74) is 0.488. The maximum atomic E-state index is 12.8. The summed E-state index contributed by atoms with van der Waals surface area (Å²) in [6.45, 7) is 6.78. The third kappa shape index (κ3) is 2.99. The van der Waals surface area contributed by atoms with Crippen LogP contribution in [0, 0.1) is 5.92 Å². The van der Waals surface area contributed by atoms with Crippen LogP contribution in [0.15, 0.2) is 11.1 Å². The van der Waals surface area contributed by atoms with Crippen LogP contribution in [0.3, 0.4) is 0 Å². The molecule has 0 N–H and O–H groups in total. The van der Waals surface area contributed by atoms with E-state index < -0.39 is 5.60 Å². The van der Waals surface area contributed by atoms with Gasteiger partial charge in [0.1, 0.15) is 5.60 Å². The molecule has 1 spiro atoms. The number of carbonyl (C=O) groups is 2. The zero-order valence-corrected chi connectivity index (χ0v) is 13.7. The first kappa shape index (κ1) is 16.1. The number of unbranched alkanes of at least 4 members (excludes halogenated alkanes) is 1. The van der Waals surface area contributed by atoms with Crippen LogP contribution in [0.2, 0.25) is 0 Å². The van der Waals surface area contributed by atoms with E-state index in [0.717, 1.165) is 45.1 Å². The Morgan fingerprint density at radius 3 is 2.57 bits per heavy atom. The summed E-state index contributed by atoms with van der Waals surface area (Å²) in [6.07, 6.45) is 5.60. The van der Waals surface area contributed by atoms with Crippen LogP contribution in [0.5, 0.6) is 0 Å². The molecule has 1 amide bonds. The number of nitrogens with zero attached hydrogens (tertiary/aromatic N) is 1. The lowest BCUT2D eigenvalue weighted by Gasteiger charge is -2.37. The number of esters is 1. The normalized spacial score (nSPS) is 29.0. The van der Waals surface area contributed by atoms with Crippen LogP contribution in [-0.2, 0) is 14.3 Å². The van der Waals surface area contributed by atoms with Crippen molar-refractivity contribution < 1.29 is 14.3 Å². The molecular formula is C17H27NO3. The molecule has 0 atom stereocenters. The van der Waals surface area contributed by atoms with Crippen molar-refractivity contribution in [2.75, 3.05) is 13.6 Å². The standard InChI is InChI=1S/C17H27NO3/c1-5-6-11-18(4)15(19)14-13(3)16(20)21-17(14)9-7-12(2)8-10-17/h12H,5-11H2,1-4H3. The monoisotopic (exact) mass is 293 g/mol. The first-order chi connectivity index (χ1) is 9.91. The van der Waals surface area contributed by atoms with E-state index in [4.69, 9.17) is 4.74 Å². The Balaban J connectivity index is 2.24. The molecule has 0 radical (unpaired) electrons. The Morgan fingerprint density at radius 1 is 1.38 bits per heavy atom. The van der Waals surface area contributed by atoms with Crippen molar-refractivity contribution in [3.8, 4) is 0 Å². The lowest BCUT2D eigenvalue weighted by molar-refractivity contribution is -0.150. The molecule has 118 valence electrons. The van der Waals surface area contributed by atoms with Crippen molar-refractivity contribution >= 4 is 11.9 Å². The van der Waals surface area contributed by atoms with Gasteiger partial charge in [0.05, 0.1) is 5.57 Å². The molecule has 1 aliphatic heterocycles. The van der Waals surface area contributed by atoms with Gasteiger partial charge in [0, 0.05) is 19.2 Å². The van der Waals surface area contributed by atoms with E-state index >= 15 is 0 Å². The molecule has 1 fully saturated rings. The lowest BCUT2D eigenvalue weighted by atomic mass is 9.75. The highest BCUT2D eigenvalue weighted by Gasteiger charge is 2.50. The molecule has 4 nitrogen and oxygen atoms in total. The summed E-state index contributed by atoms with van der Waals surface area (Å²) in [4.78, 5) is 26.6. The quantitative estimate of drug-likeness (QED) is 0.748. The van der Waals surface area contributed by atoms with Gasteiger partial charge >= 0.3 is 5.97 Å². The van der Waals surface area contributed by atoms with E-state index in [9.17, 15) is 9.59 Å².